The molecule has 3 heterocycles. The predicted octanol–water partition coefficient (Wildman–Crippen LogP) is 4.17. The highest BCUT2D eigenvalue weighted by molar-refractivity contribution is 5.81. The third kappa shape index (κ3) is 3.85. The second kappa shape index (κ2) is 7.88. The first-order valence-electron chi connectivity index (χ1n) is 9.48. The molecule has 2 N–H and O–H groups in total. The molecule has 5 nitrogen and oxygen atoms in total. The topological polar surface area (TPSA) is 56.8 Å². The van der Waals surface area contributed by atoms with E-state index in [4.69, 9.17) is 0 Å². The number of nitrogens with zero attached hydrogens (tertiary/aromatic N) is 3. The Morgan fingerprint density at radius 2 is 2.00 bits per heavy atom. The molecule has 1 aliphatic heterocycles. The normalized spacial score (nSPS) is 15.8. The van der Waals surface area contributed by atoms with Gasteiger partial charge in [-0.05, 0) is 49.2 Å². The summed E-state index contributed by atoms with van der Waals surface area (Å²) >= 11 is 0. The van der Waals surface area contributed by atoms with Crippen molar-refractivity contribution < 1.29 is 4.39 Å². The van der Waals surface area contributed by atoms with E-state index in [1.54, 1.807) is 24.5 Å². The predicted molar refractivity (Wildman–Crippen MR) is 106 cm³/mol. The molecule has 6 heteroatoms. The Labute approximate surface area is 158 Å². The standard InChI is InChI=1S/C21H24FN5/c1-2-27-11-8-16(9-12-27)25-20-13-15(7-10-23-20)18-14-24-26-21(18)17-5-3-4-6-19(17)22/h3-7,10,13-14,16H,2,8-9,11-12H2,1H3,(H,23,25)(H,24,26). The first-order valence-corrected chi connectivity index (χ1v) is 9.48. The summed E-state index contributed by atoms with van der Waals surface area (Å²) in [6.45, 7) is 5.55. The molecule has 0 aliphatic carbocycles. The van der Waals surface area contributed by atoms with Gasteiger partial charge in [-0.15, -0.1) is 0 Å². The number of piperidine rings is 1. The van der Waals surface area contributed by atoms with Crippen molar-refractivity contribution in [2.75, 3.05) is 25.0 Å². The van der Waals surface area contributed by atoms with Crippen molar-refractivity contribution in [1.29, 1.82) is 0 Å². The number of halogens is 1. The van der Waals surface area contributed by atoms with Crippen molar-refractivity contribution in [3.05, 3.63) is 54.6 Å². The smallest absolute Gasteiger partial charge is 0.132 e. The lowest BCUT2D eigenvalue weighted by Crippen LogP contribution is -2.38. The van der Waals surface area contributed by atoms with E-state index < -0.39 is 0 Å². The lowest BCUT2D eigenvalue weighted by Gasteiger charge is -2.31. The molecule has 1 aliphatic rings. The maximum atomic E-state index is 14.2. The van der Waals surface area contributed by atoms with Gasteiger partial charge in [0.05, 0.1) is 11.9 Å². The molecule has 0 unspecified atom stereocenters. The van der Waals surface area contributed by atoms with Crippen molar-refractivity contribution in [2.45, 2.75) is 25.8 Å². The van der Waals surface area contributed by atoms with Crippen LogP contribution in [0.5, 0.6) is 0 Å². The van der Waals surface area contributed by atoms with E-state index in [1.807, 2.05) is 18.2 Å². The van der Waals surface area contributed by atoms with E-state index in [9.17, 15) is 4.39 Å². The second-order valence-electron chi connectivity index (χ2n) is 6.92. The van der Waals surface area contributed by atoms with Crippen molar-refractivity contribution in [1.82, 2.24) is 20.1 Å². The summed E-state index contributed by atoms with van der Waals surface area (Å²) in [5.41, 5.74) is 3.03. The molecule has 2 aromatic heterocycles. The lowest BCUT2D eigenvalue weighted by molar-refractivity contribution is 0.229. The van der Waals surface area contributed by atoms with E-state index >= 15 is 0 Å². The van der Waals surface area contributed by atoms with Gasteiger partial charge in [0.1, 0.15) is 11.6 Å². The van der Waals surface area contributed by atoms with Crippen LogP contribution in [0.2, 0.25) is 0 Å². The number of H-pyrrole nitrogens is 1. The maximum Gasteiger partial charge on any atom is 0.132 e. The fourth-order valence-corrected chi connectivity index (χ4v) is 3.65. The summed E-state index contributed by atoms with van der Waals surface area (Å²) in [6, 6.07) is 11.1. The number of benzene rings is 1. The third-order valence-electron chi connectivity index (χ3n) is 5.24. The number of likely N-dealkylation sites (tertiary alicyclic amines) is 1. The monoisotopic (exact) mass is 365 g/mol. The van der Waals surface area contributed by atoms with Gasteiger partial charge in [0.15, 0.2) is 0 Å². The zero-order chi connectivity index (χ0) is 18.6. The number of anilines is 1. The number of aromatic amines is 1. The molecule has 0 bridgehead atoms. The zero-order valence-electron chi connectivity index (χ0n) is 15.5. The molecule has 3 aromatic rings. The Bertz CT molecular complexity index is 899. The van der Waals surface area contributed by atoms with Gasteiger partial charge >= 0.3 is 0 Å². The van der Waals surface area contributed by atoms with Crippen LogP contribution in [0.1, 0.15) is 19.8 Å². The van der Waals surface area contributed by atoms with Crippen LogP contribution in [0.3, 0.4) is 0 Å². The van der Waals surface area contributed by atoms with Crippen LogP contribution in [-0.4, -0.2) is 45.8 Å². The van der Waals surface area contributed by atoms with Crippen LogP contribution in [0.4, 0.5) is 10.2 Å². The summed E-state index contributed by atoms with van der Waals surface area (Å²) in [6.07, 6.45) is 5.76. The Kier molecular flexibility index (Phi) is 5.16. The highest BCUT2D eigenvalue weighted by Gasteiger charge is 2.19. The molecule has 140 valence electrons. The molecule has 0 amide bonds. The molecule has 1 saturated heterocycles. The second-order valence-corrected chi connectivity index (χ2v) is 6.92. The minimum atomic E-state index is -0.266. The van der Waals surface area contributed by atoms with Crippen LogP contribution in [0, 0.1) is 5.82 Å². The highest BCUT2D eigenvalue weighted by Crippen LogP contribution is 2.32. The summed E-state index contributed by atoms with van der Waals surface area (Å²) in [5.74, 6) is 0.584. The largest absolute Gasteiger partial charge is 0.367 e. The first kappa shape index (κ1) is 17.7. The van der Waals surface area contributed by atoms with Crippen LogP contribution in [0.25, 0.3) is 22.4 Å². The van der Waals surface area contributed by atoms with E-state index in [2.05, 4.69) is 32.3 Å². The van der Waals surface area contributed by atoms with Gasteiger partial charge in [0, 0.05) is 36.5 Å². The van der Waals surface area contributed by atoms with Gasteiger partial charge in [-0.25, -0.2) is 9.37 Å². The zero-order valence-corrected chi connectivity index (χ0v) is 15.5. The summed E-state index contributed by atoms with van der Waals surface area (Å²) < 4.78 is 14.2. The fraction of sp³-hybridized carbons (Fsp3) is 0.333. The summed E-state index contributed by atoms with van der Waals surface area (Å²) in [5, 5.41) is 10.6. The van der Waals surface area contributed by atoms with Crippen molar-refractivity contribution in [3.63, 3.8) is 0 Å². The Balaban J connectivity index is 1.56. The van der Waals surface area contributed by atoms with E-state index in [-0.39, 0.29) is 5.82 Å². The average Bonchev–Trinajstić information content (AvgIpc) is 3.19. The third-order valence-corrected chi connectivity index (χ3v) is 5.24. The van der Waals surface area contributed by atoms with Gasteiger partial charge in [0.2, 0.25) is 0 Å². The number of nitrogens with one attached hydrogen (secondary N) is 2. The Morgan fingerprint density at radius 1 is 1.19 bits per heavy atom. The SMILES string of the molecule is CCN1CCC(Nc2cc(-c3cn[nH]c3-c3ccccc3F)ccn2)CC1. The molecule has 0 saturated carbocycles. The van der Waals surface area contributed by atoms with Crippen LogP contribution >= 0.6 is 0 Å². The van der Waals surface area contributed by atoms with Crippen molar-refractivity contribution in [2.24, 2.45) is 0 Å². The highest BCUT2D eigenvalue weighted by atomic mass is 19.1. The van der Waals surface area contributed by atoms with Gasteiger partial charge in [-0.3, -0.25) is 5.10 Å². The van der Waals surface area contributed by atoms with E-state index in [1.165, 1.54) is 6.07 Å². The van der Waals surface area contributed by atoms with Gasteiger partial charge in [0.25, 0.3) is 0 Å². The molecule has 1 aromatic carbocycles. The lowest BCUT2D eigenvalue weighted by atomic mass is 10.0. The Morgan fingerprint density at radius 3 is 2.78 bits per heavy atom. The summed E-state index contributed by atoms with van der Waals surface area (Å²) in [7, 11) is 0. The first-order chi connectivity index (χ1) is 13.2. The molecule has 0 spiro atoms. The van der Waals surface area contributed by atoms with Crippen molar-refractivity contribution >= 4 is 5.82 Å². The van der Waals surface area contributed by atoms with Gasteiger partial charge in [-0.2, -0.15) is 5.10 Å². The number of hydrogen-bond acceptors (Lipinski definition) is 4. The fourth-order valence-electron chi connectivity index (χ4n) is 3.65. The minimum absolute atomic E-state index is 0.266. The van der Waals surface area contributed by atoms with Gasteiger partial charge in [-0.1, -0.05) is 19.1 Å². The quantitative estimate of drug-likeness (QED) is 0.712. The molecular formula is C21H24FN5. The number of rotatable bonds is 5. The molecule has 0 atom stereocenters. The number of aromatic nitrogens is 3. The van der Waals surface area contributed by atoms with Gasteiger partial charge < -0.3 is 10.2 Å². The van der Waals surface area contributed by atoms with Crippen molar-refractivity contribution in [3.8, 4) is 22.4 Å². The molecular weight excluding hydrogens is 341 g/mol. The molecule has 1 fully saturated rings. The minimum Gasteiger partial charge on any atom is -0.367 e. The number of hydrogen-bond donors (Lipinski definition) is 2. The van der Waals surface area contributed by atoms with Crippen LogP contribution < -0.4 is 5.32 Å². The average molecular weight is 365 g/mol. The van der Waals surface area contributed by atoms with Crippen LogP contribution in [0.15, 0.2) is 48.8 Å². The molecule has 4 rings (SSSR count). The van der Waals surface area contributed by atoms with E-state index in [0.717, 1.165) is 49.4 Å². The maximum absolute atomic E-state index is 14.2. The number of pyridine rings is 1. The molecule has 0 radical (unpaired) electrons. The Hall–Kier alpha value is -2.73. The van der Waals surface area contributed by atoms with E-state index in [0.29, 0.717) is 17.3 Å². The van der Waals surface area contributed by atoms with Crippen LogP contribution in [-0.2, 0) is 0 Å². The molecule has 27 heavy (non-hydrogen) atoms. The summed E-state index contributed by atoms with van der Waals surface area (Å²) in [4.78, 5) is 6.94.